The zero-order chi connectivity index (χ0) is 10.8. The highest BCUT2D eigenvalue weighted by Crippen LogP contribution is 2.34. The summed E-state index contributed by atoms with van der Waals surface area (Å²) in [6, 6.07) is 10.4. The monoisotopic (exact) mass is 395 g/mol. The normalized spacial score (nSPS) is 23.4. The molecule has 1 heterocycles. The first-order chi connectivity index (χ1) is 7.20. The molecule has 0 fully saturated rings. The van der Waals surface area contributed by atoms with Gasteiger partial charge in [-0.2, -0.15) is 0 Å². The Labute approximate surface area is 114 Å². The Bertz CT molecular complexity index is 357. The molecule has 0 N–H and O–H groups in total. The topological polar surface area (TPSA) is 9.72 Å². The number of rotatable bonds is 1. The van der Waals surface area contributed by atoms with Crippen LogP contribution in [0.5, 0.6) is 0 Å². The van der Waals surface area contributed by atoms with Gasteiger partial charge in [0, 0.05) is 22.3 Å². The molecule has 1 unspecified atom stereocenters. The average molecular weight is 398 g/mol. The van der Waals surface area contributed by atoms with E-state index in [1.165, 1.54) is 5.56 Å². The highest BCUT2D eigenvalue weighted by Gasteiger charge is 2.27. The summed E-state index contributed by atoms with van der Waals surface area (Å²) >= 11 is 10.2. The van der Waals surface area contributed by atoms with Gasteiger partial charge in [-0.3, -0.25) is 0 Å². The molecule has 15 heavy (non-hydrogen) atoms. The number of halogens is 3. The summed E-state index contributed by atoms with van der Waals surface area (Å²) in [5.41, 5.74) is 1.22. The molecule has 0 saturated carbocycles. The first kappa shape index (κ1) is 11.6. The molecule has 80 valence electrons. The third-order valence-electron chi connectivity index (χ3n) is 2.08. The Balaban J connectivity index is 2.28. The van der Waals surface area contributed by atoms with Crippen LogP contribution in [-0.4, -0.2) is 12.2 Å². The molecule has 6 heteroatoms. The van der Waals surface area contributed by atoms with Crippen LogP contribution >= 0.6 is 48.4 Å². The van der Waals surface area contributed by atoms with Crippen LogP contribution in [0.2, 0.25) is 0 Å². The average Bonchev–Trinajstić information content (AvgIpc) is 2.27. The lowest BCUT2D eigenvalue weighted by atomic mass is 10.1. The van der Waals surface area contributed by atoms with Crippen LogP contribution in [-0.2, 0) is 0 Å². The zero-order valence-electron chi connectivity index (χ0n) is 7.59. The minimum absolute atomic E-state index is 0.166. The Morgan fingerprint density at radius 3 is 2.33 bits per heavy atom. The molecule has 2 rings (SSSR count). The summed E-state index contributed by atoms with van der Waals surface area (Å²) in [4.78, 5) is 0. The van der Waals surface area contributed by atoms with Crippen molar-refractivity contribution in [3.63, 3.8) is 0 Å². The van der Waals surface area contributed by atoms with Crippen LogP contribution in [0.1, 0.15) is 11.6 Å². The predicted molar refractivity (Wildman–Crippen MR) is 70.6 cm³/mol. The molecular formula is C9H8Br3N3. The van der Waals surface area contributed by atoms with Gasteiger partial charge in [-0.05, 0) is 11.6 Å². The second kappa shape index (κ2) is 4.97. The summed E-state index contributed by atoms with van der Waals surface area (Å²) in [6.07, 6.45) is 4.01. The van der Waals surface area contributed by atoms with Crippen molar-refractivity contribution in [1.29, 1.82) is 0 Å². The third-order valence-corrected chi connectivity index (χ3v) is 4.89. The highest BCUT2D eigenvalue weighted by atomic mass is 79.9. The number of nitrogens with zero attached hydrogens (tertiary/aromatic N) is 3. The van der Waals surface area contributed by atoms with Crippen molar-refractivity contribution in [3.8, 4) is 0 Å². The predicted octanol–water partition coefficient (Wildman–Crippen LogP) is 3.92. The number of hydrogen-bond donors (Lipinski definition) is 0. The Kier molecular flexibility index (Phi) is 3.84. The van der Waals surface area contributed by atoms with Crippen molar-refractivity contribution in [3.05, 3.63) is 48.2 Å². The molecule has 1 aliphatic rings. The molecule has 0 radical (unpaired) electrons. The molecule has 1 aromatic carbocycles. The number of hydrazine groups is 2. The third kappa shape index (κ3) is 2.45. The van der Waals surface area contributed by atoms with E-state index in [2.05, 4.69) is 66.7 Å². The van der Waals surface area contributed by atoms with Crippen molar-refractivity contribution in [2.45, 2.75) is 6.04 Å². The summed E-state index contributed by atoms with van der Waals surface area (Å²) in [5.74, 6) is 0. The first-order valence-corrected chi connectivity index (χ1v) is 6.42. The summed E-state index contributed by atoms with van der Waals surface area (Å²) in [6.45, 7) is 0. The van der Waals surface area contributed by atoms with Crippen molar-refractivity contribution in [1.82, 2.24) is 12.2 Å². The Morgan fingerprint density at radius 1 is 1.00 bits per heavy atom. The second-order valence-electron chi connectivity index (χ2n) is 3.01. The molecule has 0 spiro atoms. The maximum Gasteiger partial charge on any atom is 0.0838 e. The van der Waals surface area contributed by atoms with Gasteiger partial charge in [0.15, 0.2) is 0 Å². The van der Waals surface area contributed by atoms with E-state index in [-0.39, 0.29) is 6.04 Å². The zero-order valence-corrected chi connectivity index (χ0v) is 12.4. The van der Waals surface area contributed by atoms with Crippen molar-refractivity contribution in [2.75, 3.05) is 0 Å². The maximum absolute atomic E-state index is 3.49. The molecule has 1 aromatic rings. The van der Waals surface area contributed by atoms with E-state index in [1.54, 1.807) is 8.18 Å². The van der Waals surface area contributed by atoms with E-state index in [1.807, 2.05) is 28.4 Å². The minimum Gasteiger partial charge on any atom is -0.222 e. The summed E-state index contributed by atoms with van der Waals surface area (Å²) in [7, 11) is 0. The van der Waals surface area contributed by atoms with Gasteiger partial charge in [0.2, 0.25) is 0 Å². The van der Waals surface area contributed by atoms with Gasteiger partial charge in [-0.15, -0.1) is 4.03 Å². The van der Waals surface area contributed by atoms with Gasteiger partial charge < -0.3 is 0 Å². The molecule has 0 aliphatic carbocycles. The standard InChI is InChI=1S/C9H8Br3N3/c10-13-7-6-9(14(11)15(13)12)8-4-2-1-3-5-8/h1-7,9H. The van der Waals surface area contributed by atoms with E-state index in [4.69, 9.17) is 0 Å². The highest BCUT2D eigenvalue weighted by molar-refractivity contribution is 9.10. The molecule has 0 amide bonds. The van der Waals surface area contributed by atoms with Gasteiger partial charge in [0.25, 0.3) is 0 Å². The molecule has 0 saturated heterocycles. The van der Waals surface area contributed by atoms with Gasteiger partial charge in [-0.25, -0.2) is 4.03 Å². The molecule has 0 bridgehead atoms. The van der Waals surface area contributed by atoms with Crippen LogP contribution in [0.3, 0.4) is 0 Å². The lowest BCUT2D eigenvalue weighted by Gasteiger charge is -2.36. The first-order valence-electron chi connectivity index (χ1n) is 4.29. The van der Waals surface area contributed by atoms with Crippen LogP contribution < -0.4 is 0 Å². The van der Waals surface area contributed by atoms with Gasteiger partial charge in [0.1, 0.15) is 0 Å². The van der Waals surface area contributed by atoms with Crippen LogP contribution in [0, 0.1) is 0 Å². The van der Waals surface area contributed by atoms with Crippen LogP contribution in [0.25, 0.3) is 0 Å². The van der Waals surface area contributed by atoms with E-state index >= 15 is 0 Å². The van der Waals surface area contributed by atoms with E-state index < -0.39 is 0 Å². The Hall–Kier alpha value is 0.120. The largest absolute Gasteiger partial charge is 0.222 e. The fourth-order valence-corrected chi connectivity index (χ4v) is 2.66. The van der Waals surface area contributed by atoms with E-state index in [0.29, 0.717) is 0 Å². The minimum atomic E-state index is 0.166. The number of hydrogen-bond acceptors (Lipinski definition) is 3. The molecule has 0 aromatic heterocycles. The van der Waals surface area contributed by atoms with E-state index in [9.17, 15) is 0 Å². The second-order valence-corrected chi connectivity index (χ2v) is 5.10. The fraction of sp³-hybridized carbons (Fsp3) is 0.111. The number of benzene rings is 1. The van der Waals surface area contributed by atoms with Crippen molar-refractivity contribution < 1.29 is 0 Å². The quantitative estimate of drug-likeness (QED) is 0.665. The fourth-order valence-electron chi connectivity index (χ4n) is 1.35. The maximum atomic E-state index is 3.49. The van der Waals surface area contributed by atoms with Gasteiger partial charge in [0.05, 0.1) is 38.3 Å². The van der Waals surface area contributed by atoms with Crippen molar-refractivity contribution >= 4 is 48.4 Å². The lowest BCUT2D eigenvalue weighted by Crippen LogP contribution is -2.39. The summed E-state index contributed by atoms with van der Waals surface area (Å²) in [5, 5.41) is 0. The smallest absolute Gasteiger partial charge is 0.0838 e. The Morgan fingerprint density at radius 2 is 1.67 bits per heavy atom. The van der Waals surface area contributed by atoms with Crippen LogP contribution in [0.4, 0.5) is 0 Å². The molecule has 3 nitrogen and oxygen atoms in total. The molecule has 1 aliphatic heterocycles. The molecular weight excluding hydrogens is 390 g/mol. The SMILES string of the molecule is BrN1C=CC(c2ccccc2)N(Br)N1Br. The van der Waals surface area contributed by atoms with Gasteiger partial charge in [-0.1, -0.05) is 34.5 Å². The lowest BCUT2D eigenvalue weighted by molar-refractivity contribution is 0.0641. The van der Waals surface area contributed by atoms with Crippen LogP contribution in [0.15, 0.2) is 42.6 Å². The summed E-state index contributed by atoms with van der Waals surface area (Å²) < 4.78 is 5.36. The van der Waals surface area contributed by atoms with Crippen molar-refractivity contribution in [2.24, 2.45) is 0 Å². The molecule has 1 atom stereocenters. The van der Waals surface area contributed by atoms with E-state index in [0.717, 1.165) is 0 Å². The van der Waals surface area contributed by atoms with Gasteiger partial charge >= 0.3 is 0 Å².